The van der Waals surface area contributed by atoms with Crippen LogP contribution >= 0.6 is 0 Å². The highest BCUT2D eigenvalue weighted by atomic mass is 16.6. The van der Waals surface area contributed by atoms with Crippen LogP contribution in [-0.2, 0) is 11.3 Å². The molecule has 0 heterocycles. The number of nitrogens with one attached hydrogen (secondary N) is 2. The van der Waals surface area contributed by atoms with Crippen LogP contribution in [0.3, 0.4) is 0 Å². The number of benzene rings is 1. The van der Waals surface area contributed by atoms with Gasteiger partial charge in [-0.3, -0.25) is 0 Å². The van der Waals surface area contributed by atoms with E-state index in [0.29, 0.717) is 18.3 Å². The lowest BCUT2D eigenvalue weighted by molar-refractivity contribution is 0.0505. The number of phenols is 1. The van der Waals surface area contributed by atoms with Gasteiger partial charge in [-0.1, -0.05) is 18.2 Å². The molecule has 122 valence electrons. The van der Waals surface area contributed by atoms with E-state index in [1.165, 1.54) is 0 Å². The first-order valence-corrected chi connectivity index (χ1v) is 7.83. The van der Waals surface area contributed by atoms with E-state index in [-0.39, 0.29) is 12.1 Å². The van der Waals surface area contributed by atoms with Crippen LogP contribution in [-0.4, -0.2) is 28.9 Å². The van der Waals surface area contributed by atoms with Crippen molar-refractivity contribution in [2.24, 2.45) is 0 Å². The van der Waals surface area contributed by atoms with Crippen molar-refractivity contribution in [1.29, 1.82) is 0 Å². The first-order valence-electron chi connectivity index (χ1n) is 7.83. The lowest BCUT2D eigenvalue weighted by Crippen LogP contribution is -2.38. The number of rotatable bonds is 4. The number of alkyl carbamates (subject to hydrolysis) is 1. The van der Waals surface area contributed by atoms with Crippen molar-refractivity contribution in [2.45, 2.75) is 64.3 Å². The SMILES string of the molecule is CC(C)(C)OC(=O)NC1CCC(NCc2ccccc2O)C1. The maximum Gasteiger partial charge on any atom is 0.407 e. The van der Waals surface area contributed by atoms with E-state index in [9.17, 15) is 9.90 Å². The number of amides is 1. The molecule has 0 spiro atoms. The minimum Gasteiger partial charge on any atom is -0.508 e. The molecule has 1 aromatic carbocycles. The summed E-state index contributed by atoms with van der Waals surface area (Å²) in [6.07, 6.45) is 2.48. The zero-order valence-corrected chi connectivity index (χ0v) is 13.6. The van der Waals surface area contributed by atoms with Crippen molar-refractivity contribution in [3.63, 3.8) is 0 Å². The molecule has 1 aliphatic carbocycles. The van der Waals surface area contributed by atoms with Crippen LogP contribution in [0.2, 0.25) is 0 Å². The predicted octanol–water partition coefficient (Wildman–Crippen LogP) is 2.93. The maximum absolute atomic E-state index is 11.8. The summed E-state index contributed by atoms with van der Waals surface area (Å²) < 4.78 is 5.28. The third-order valence-electron chi connectivity index (χ3n) is 3.73. The van der Waals surface area contributed by atoms with Crippen molar-refractivity contribution in [3.05, 3.63) is 29.8 Å². The molecule has 5 nitrogen and oxygen atoms in total. The van der Waals surface area contributed by atoms with E-state index < -0.39 is 5.60 Å². The quantitative estimate of drug-likeness (QED) is 0.800. The highest BCUT2D eigenvalue weighted by molar-refractivity contribution is 5.68. The molecule has 2 atom stereocenters. The Kier molecular flexibility index (Phi) is 5.29. The topological polar surface area (TPSA) is 70.6 Å². The second-order valence-electron chi connectivity index (χ2n) is 6.86. The Morgan fingerprint density at radius 2 is 1.95 bits per heavy atom. The molecule has 3 N–H and O–H groups in total. The maximum atomic E-state index is 11.8. The Hall–Kier alpha value is -1.75. The number of carbonyl (C=O) groups is 1. The minimum atomic E-state index is -0.467. The van der Waals surface area contributed by atoms with Crippen LogP contribution < -0.4 is 10.6 Å². The van der Waals surface area contributed by atoms with Crippen LogP contribution in [0, 0.1) is 0 Å². The summed E-state index contributed by atoms with van der Waals surface area (Å²) in [7, 11) is 0. The van der Waals surface area contributed by atoms with Crippen LogP contribution in [0.4, 0.5) is 4.79 Å². The third-order valence-corrected chi connectivity index (χ3v) is 3.73. The zero-order valence-electron chi connectivity index (χ0n) is 13.6. The van der Waals surface area contributed by atoms with Gasteiger partial charge in [-0.2, -0.15) is 0 Å². The molecule has 0 radical (unpaired) electrons. The fraction of sp³-hybridized carbons (Fsp3) is 0.588. The van der Waals surface area contributed by atoms with Crippen molar-refractivity contribution in [1.82, 2.24) is 10.6 Å². The fourth-order valence-electron chi connectivity index (χ4n) is 2.69. The Morgan fingerprint density at radius 3 is 2.64 bits per heavy atom. The number of aromatic hydroxyl groups is 1. The van der Waals surface area contributed by atoms with Gasteiger partial charge in [0.15, 0.2) is 0 Å². The van der Waals surface area contributed by atoms with Crippen LogP contribution in [0.25, 0.3) is 0 Å². The highest BCUT2D eigenvalue weighted by Gasteiger charge is 2.27. The number of para-hydroxylation sites is 1. The Balaban J connectivity index is 1.74. The lowest BCUT2D eigenvalue weighted by atomic mass is 10.1. The highest BCUT2D eigenvalue weighted by Crippen LogP contribution is 2.22. The normalized spacial score (nSPS) is 21.6. The summed E-state index contributed by atoms with van der Waals surface area (Å²) in [5.41, 5.74) is 0.427. The summed E-state index contributed by atoms with van der Waals surface area (Å²) >= 11 is 0. The van der Waals surface area contributed by atoms with E-state index in [1.807, 2.05) is 39.0 Å². The van der Waals surface area contributed by atoms with Crippen molar-refractivity contribution >= 4 is 6.09 Å². The van der Waals surface area contributed by atoms with Gasteiger partial charge in [-0.25, -0.2) is 4.79 Å². The van der Waals surface area contributed by atoms with E-state index in [4.69, 9.17) is 4.74 Å². The smallest absolute Gasteiger partial charge is 0.407 e. The molecular formula is C17H26N2O3. The summed E-state index contributed by atoms with van der Waals surface area (Å²) in [5.74, 6) is 0.316. The molecule has 1 saturated carbocycles. The Bertz CT molecular complexity index is 511. The van der Waals surface area contributed by atoms with E-state index in [0.717, 1.165) is 24.8 Å². The second-order valence-corrected chi connectivity index (χ2v) is 6.86. The van der Waals surface area contributed by atoms with Gasteiger partial charge < -0.3 is 20.5 Å². The van der Waals surface area contributed by atoms with Crippen molar-refractivity contribution in [2.75, 3.05) is 0 Å². The monoisotopic (exact) mass is 306 g/mol. The molecule has 1 amide bonds. The fourth-order valence-corrected chi connectivity index (χ4v) is 2.69. The summed E-state index contributed by atoms with van der Waals surface area (Å²) in [6, 6.07) is 7.83. The lowest BCUT2D eigenvalue weighted by Gasteiger charge is -2.22. The average molecular weight is 306 g/mol. The average Bonchev–Trinajstić information content (AvgIpc) is 2.83. The Labute approximate surface area is 132 Å². The van der Waals surface area contributed by atoms with Gasteiger partial charge >= 0.3 is 6.09 Å². The van der Waals surface area contributed by atoms with Crippen LogP contribution in [0.15, 0.2) is 24.3 Å². The molecule has 2 rings (SSSR count). The molecule has 2 unspecified atom stereocenters. The molecule has 0 aromatic heterocycles. The molecule has 1 fully saturated rings. The van der Waals surface area contributed by atoms with Crippen LogP contribution in [0.1, 0.15) is 45.6 Å². The molecule has 1 aliphatic rings. The molecule has 1 aromatic rings. The number of phenolic OH excluding ortho intramolecular Hbond substituents is 1. The third kappa shape index (κ3) is 5.22. The molecule has 0 bridgehead atoms. The first kappa shape index (κ1) is 16.6. The van der Waals surface area contributed by atoms with Gasteiger partial charge in [0.25, 0.3) is 0 Å². The largest absolute Gasteiger partial charge is 0.508 e. The van der Waals surface area contributed by atoms with Gasteiger partial charge in [-0.05, 0) is 46.1 Å². The van der Waals surface area contributed by atoms with Gasteiger partial charge in [-0.15, -0.1) is 0 Å². The van der Waals surface area contributed by atoms with Crippen molar-refractivity contribution in [3.8, 4) is 5.75 Å². The summed E-state index contributed by atoms with van der Waals surface area (Å²) in [6.45, 7) is 6.21. The molecule has 0 saturated heterocycles. The van der Waals surface area contributed by atoms with E-state index in [1.54, 1.807) is 6.07 Å². The summed E-state index contributed by atoms with van der Waals surface area (Å²) in [5, 5.41) is 16.1. The molecule has 5 heteroatoms. The Morgan fingerprint density at radius 1 is 1.27 bits per heavy atom. The molecule has 22 heavy (non-hydrogen) atoms. The number of hydrogen-bond donors (Lipinski definition) is 3. The molecule has 0 aliphatic heterocycles. The number of ether oxygens (including phenoxy) is 1. The van der Waals surface area contributed by atoms with Crippen molar-refractivity contribution < 1.29 is 14.6 Å². The van der Waals surface area contributed by atoms with Crippen LogP contribution in [0.5, 0.6) is 5.75 Å². The van der Waals surface area contributed by atoms with Gasteiger partial charge in [0, 0.05) is 24.2 Å². The van der Waals surface area contributed by atoms with E-state index >= 15 is 0 Å². The molecular weight excluding hydrogens is 280 g/mol. The second kappa shape index (κ2) is 7.01. The van der Waals surface area contributed by atoms with Gasteiger partial charge in [0.1, 0.15) is 11.4 Å². The number of carbonyl (C=O) groups excluding carboxylic acids is 1. The minimum absolute atomic E-state index is 0.150. The van der Waals surface area contributed by atoms with Gasteiger partial charge in [0.05, 0.1) is 0 Å². The summed E-state index contributed by atoms with van der Waals surface area (Å²) in [4.78, 5) is 11.8. The number of hydrogen-bond acceptors (Lipinski definition) is 4. The first-order chi connectivity index (χ1) is 10.3. The zero-order chi connectivity index (χ0) is 16.2. The predicted molar refractivity (Wildman–Crippen MR) is 85.7 cm³/mol. The van der Waals surface area contributed by atoms with Gasteiger partial charge in [0.2, 0.25) is 0 Å². The van der Waals surface area contributed by atoms with E-state index in [2.05, 4.69) is 10.6 Å². The standard InChI is InChI=1S/C17H26N2O3/c1-17(2,3)22-16(21)19-14-9-8-13(10-14)18-11-12-6-4-5-7-15(12)20/h4-7,13-14,18,20H,8-11H2,1-3H3,(H,19,21).